The summed E-state index contributed by atoms with van der Waals surface area (Å²) in [5.74, 6) is 0. The molecule has 1 aliphatic rings. The van der Waals surface area contributed by atoms with Crippen LogP contribution in [0.1, 0.15) is 0 Å². The van der Waals surface area contributed by atoms with Crippen LogP contribution in [0, 0.1) is 0 Å². The number of carbonyl (C=O) groups excluding carboxylic acids is 1. The van der Waals surface area contributed by atoms with Gasteiger partial charge in [-0.25, -0.2) is 4.79 Å². The predicted molar refractivity (Wildman–Crippen MR) is 58.3 cm³/mol. The van der Waals surface area contributed by atoms with E-state index in [2.05, 4.69) is 14.5 Å². The average Bonchev–Trinajstić information content (AvgIpc) is 2.31. The Morgan fingerprint density at radius 1 is 1.19 bits per heavy atom. The number of β-amino-alcohol motifs (C(OH)–C–C–N with tert-alkyl or cyclic N) is 1. The number of aliphatic hydroxyl groups excluding tert-OH is 1. The molecule has 0 saturated carbocycles. The van der Waals surface area contributed by atoms with Gasteiger partial charge >= 0.3 is 6.16 Å². The first-order chi connectivity index (χ1) is 7.76. The van der Waals surface area contributed by atoms with Crippen LogP contribution in [0.15, 0.2) is 0 Å². The van der Waals surface area contributed by atoms with Crippen LogP contribution in [0.25, 0.3) is 0 Å². The third-order valence-corrected chi connectivity index (χ3v) is 2.68. The van der Waals surface area contributed by atoms with Crippen molar-refractivity contribution >= 4 is 6.16 Å². The minimum absolute atomic E-state index is 0.214. The maximum atomic E-state index is 10.7. The second-order valence-corrected chi connectivity index (χ2v) is 3.71. The molecule has 1 rings (SSSR count). The third kappa shape index (κ3) is 4.78. The fourth-order valence-electron chi connectivity index (χ4n) is 1.69. The molecule has 0 aromatic heterocycles. The maximum absolute atomic E-state index is 10.7. The Kier molecular flexibility index (Phi) is 6.14. The fraction of sp³-hybridized carbons (Fsp3) is 0.900. The fourth-order valence-corrected chi connectivity index (χ4v) is 1.69. The Balaban J connectivity index is 2.06. The zero-order chi connectivity index (χ0) is 11.8. The highest BCUT2D eigenvalue weighted by molar-refractivity contribution is 5.59. The largest absolute Gasteiger partial charge is 0.508 e. The van der Waals surface area contributed by atoms with Crippen LogP contribution in [-0.4, -0.2) is 80.7 Å². The highest BCUT2D eigenvalue weighted by Crippen LogP contribution is 2.00. The number of ether oxygens (including phenoxy) is 2. The van der Waals surface area contributed by atoms with Crippen LogP contribution in [0.5, 0.6) is 0 Å². The lowest BCUT2D eigenvalue weighted by Crippen LogP contribution is -2.48. The van der Waals surface area contributed by atoms with Crippen molar-refractivity contribution in [3.63, 3.8) is 0 Å². The van der Waals surface area contributed by atoms with Gasteiger partial charge in [0.1, 0.15) is 6.61 Å². The van der Waals surface area contributed by atoms with Crippen LogP contribution in [0.2, 0.25) is 0 Å². The molecule has 0 atom stereocenters. The van der Waals surface area contributed by atoms with E-state index in [4.69, 9.17) is 9.84 Å². The van der Waals surface area contributed by atoms with E-state index in [0.29, 0.717) is 6.61 Å². The van der Waals surface area contributed by atoms with E-state index in [9.17, 15) is 4.79 Å². The van der Waals surface area contributed by atoms with Crippen LogP contribution >= 0.6 is 0 Å². The Morgan fingerprint density at radius 3 is 2.25 bits per heavy atom. The molecule has 0 spiro atoms. The Bertz CT molecular complexity index is 205. The topological polar surface area (TPSA) is 62.2 Å². The van der Waals surface area contributed by atoms with Crippen molar-refractivity contribution in [3.8, 4) is 0 Å². The number of piperazine rings is 1. The van der Waals surface area contributed by atoms with Crippen molar-refractivity contribution < 1.29 is 19.4 Å². The molecule has 1 aliphatic heterocycles. The quantitative estimate of drug-likeness (QED) is 0.637. The minimum atomic E-state index is -0.626. The molecule has 1 fully saturated rings. The first kappa shape index (κ1) is 13.2. The number of nitrogens with zero attached hydrogens (tertiary/aromatic N) is 2. The van der Waals surface area contributed by atoms with Gasteiger partial charge in [-0.15, -0.1) is 0 Å². The molecule has 16 heavy (non-hydrogen) atoms. The molecule has 0 aromatic carbocycles. The Morgan fingerprint density at radius 2 is 1.75 bits per heavy atom. The van der Waals surface area contributed by atoms with Crippen LogP contribution in [0.3, 0.4) is 0 Å². The summed E-state index contributed by atoms with van der Waals surface area (Å²) in [6, 6.07) is 0. The zero-order valence-corrected chi connectivity index (χ0v) is 9.72. The average molecular weight is 232 g/mol. The minimum Gasteiger partial charge on any atom is -0.438 e. The standard InChI is InChI=1S/C10H20N2O4/c1-15-10(14)16-9-7-12-4-2-11(3-5-12)6-8-13/h13H,2-9H2,1H3. The predicted octanol–water partition coefficient (Wildman–Crippen LogP) is -0.621. The molecule has 0 amide bonds. The molecule has 0 radical (unpaired) electrons. The van der Waals surface area contributed by atoms with Crippen LogP contribution in [0.4, 0.5) is 4.79 Å². The van der Waals surface area contributed by atoms with Gasteiger partial charge in [0.25, 0.3) is 0 Å². The molecular formula is C10H20N2O4. The molecule has 0 bridgehead atoms. The smallest absolute Gasteiger partial charge is 0.438 e. The van der Waals surface area contributed by atoms with E-state index in [1.807, 2.05) is 0 Å². The second kappa shape index (κ2) is 7.43. The number of hydrogen-bond donors (Lipinski definition) is 1. The van der Waals surface area contributed by atoms with E-state index in [0.717, 1.165) is 39.3 Å². The SMILES string of the molecule is COC(=O)OCCN1CCN(CCO)CC1. The van der Waals surface area contributed by atoms with Gasteiger partial charge in [-0.3, -0.25) is 9.80 Å². The van der Waals surface area contributed by atoms with E-state index in [1.54, 1.807) is 0 Å². The summed E-state index contributed by atoms with van der Waals surface area (Å²) in [4.78, 5) is 15.1. The summed E-state index contributed by atoms with van der Waals surface area (Å²) >= 11 is 0. The Hall–Kier alpha value is -0.850. The van der Waals surface area contributed by atoms with Crippen molar-refractivity contribution in [2.75, 3.05) is 59.6 Å². The molecule has 0 unspecified atom stereocenters. The van der Waals surface area contributed by atoms with Gasteiger partial charge in [0.05, 0.1) is 13.7 Å². The van der Waals surface area contributed by atoms with Crippen LogP contribution in [-0.2, 0) is 9.47 Å². The normalized spacial score (nSPS) is 18.4. The first-order valence-corrected chi connectivity index (χ1v) is 5.52. The zero-order valence-electron chi connectivity index (χ0n) is 9.72. The van der Waals surface area contributed by atoms with E-state index >= 15 is 0 Å². The number of rotatable bonds is 5. The maximum Gasteiger partial charge on any atom is 0.508 e. The van der Waals surface area contributed by atoms with Crippen molar-refractivity contribution in [2.45, 2.75) is 0 Å². The number of methoxy groups -OCH3 is 1. The first-order valence-electron chi connectivity index (χ1n) is 5.52. The van der Waals surface area contributed by atoms with Crippen molar-refractivity contribution in [1.82, 2.24) is 9.80 Å². The summed E-state index contributed by atoms with van der Waals surface area (Å²) in [6.45, 7) is 5.87. The summed E-state index contributed by atoms with van der Waals surface area (Å²) in [6.07, 6.45) is -0.626. The van der Waals surface area contributed by atoms with Crippen LogP contribution < -0.4 is 0 Å². The summed E-state index contributed by atoms with van der Waals surface area (Å²) in [5.41, 5.74) is 0. The summed E-state index contributed by atoms with van der Waals surface area (Å²) in [7, 11) is 1.30. The molecule has 1 heterocycles. The lowest BCUT2D eigenvalue weighted by Gasteiger charge is -2.33. The van der Waals surface area contributed by atoms with Crippen molar-refractivity contribution in [2.24, 2.45) is 0 Å². The van der Waals surface area contributed by atoms with Gasteiger partial charge in [-0.1, -0.05) is 0 Å². The molecule has 6 heteroatoms. The van der Waals surface area contributed by atoms with Crippen molar-refractivity contribution in [1.29, 1.82) is 0 Å². The lowest BCUT2D eigenvalue weighted by molar-refractivity contribution is 0.0528. The molecule has 6 nitrogen and oxygen atoms in total. The summed E-state index contributed by atoms with van der Waals surface area (Å²) < 4.78 is 9.18. The van der Waals surface area contributed by atoms with E-state index < -0.39 is 6.16 Å². The highest BCUT2D eigenvalue weighted by Gasteiger charge is 2.16. The van der Waals surface area contributed by atoms with Gasteiger partial charge in [-0.2, -0.15) is 0 Å². The van der Waals surface area contributed by atoms with Crippen molar-refractivity contribution in [3.05, 3.63) is 0 Å². The van der Waals surface area contributed by atoms with Gasteiger partial charge in [0, 0.05) is 39.3 Å². The van der Waals surface area contributed by atoms with Gasteiger partial charge in [-0.05, 0) is 0 Å². The summed E-state index contributed by atoms with van der Waals surface area (Å²) in [5, 5.41) is 8.79. The highest BCUT2D eigenvalue weighted by atomic mass is 16.7. The monoisotopic (exact) mass is 232 g/mol. The van der Waals surface area contributed by atoms with E-state index in [-0.39, 0.29) is 6.61 Å². The molecule has 0 aliphatic carbocycles. The van der Waals surface area contributed by atoms with Gasteiger partial charge in [0.2, 0.25) is 0 Å². The molecular weight excluding hydrogens is 212 g/mol. The lowest BCUT2D eigenvalue weighted by atomic mass is 10.3. The molecule has 94 valence electrons. The van der Waals surface area contributed by atoms with E-state index in [1.165, 1.54) is 7.11 Å². The molecule has 1 saturated heterocycles. The number of carbonyl (C=O) groups is 1. The number of aliphatic hydroxyl groups is 1. The third-order valence-electron chi connectivity index (χ3n) is 2.68. The Labute approximate surface area is 95.7 Å². The molecule has 1 N–H and O–H groups in total. The van der Waals surface area contributed by atoms with Gasteiger partial charge < -0.3 is 14.6 Å². The molecule has 0 aromatic rings. The number of hydrogen-bond acceptors (Lipinski definition) is 6. The second-order valence-electron chi connectivity index (χ2n) is 3.71. The van der Waals surface area contributed by atoms with Gasteiger partial charge in [0.15, 0.2) is 0 Å².